The highest BCUT2D eigenvalue weighted by Crippen LogP contribution is 2.20. The van der Waals surface area contributed by atoms with E-state index in [1.807, 2.05) is 0 Å². The van der Waals surface area contributed by atoms with Gasteiger partial charge in [0.25, 0.3) is 5.91 Å². The first-order valence-corrected chi connectivity index (χ1v) is 4.31. The molecule has 0 bridgehead atoms. The molecule has 0 heterocycles. The molecule has 1 aromatic rings. The van der Waals surface area contributed by atoms with E-state index >= 15 is 0 Å². The highest BCUT2D eigenvalue weighted by Gasteiger charge is 2.16. The van der Waals surface area contributed by atoms with E-state index in [2.05, 4.69) is 5.32 Å². The number of hydrogen-bond donors (Lipinski definition) is 1. The van der Waals surface area contributed by atoms with Gasteiger partial charge in [0.1, 0.15) is 17.1 Å². The number of hydrogen-bond acceptors (Lipinski definition) is 2. The molecule has 0 unspecified atom stereocenters. The molecular weight excluding hydrogens is 185 g/mol. The summed E-state index contributed by atoms with van der Waals surface area (Å²) in [4.78, 5) is 11.4. The fourth-order valence-electron chi connectivity index (χ4n) is 1.14. The lowest BCUT2D eigenvalue weighted by molar-refractivity contribution is 0.0948. The molecule has 0 aromatic heterocycles. The number of carbonyl (C=O) groups excluding carboxylic acids is 1. The maximum Gasteiger partial charge on any atom is 0.258 e. The van der Waals surface area contributed by atoms with E-state index in [0.29, 0.717) is 6.54 Å². The summed E-state index contributed by atoms with van der Waals surface area (Å²) in [6.45, 7) is 2.22. The van der Waals surface area contributed by atoms with Gasteiger partial charge in [-0.2, -0.15) is 0 Å². The number of amides is 1. The summed E-state index contributed by atoms with van der Waals surface area (Å²) in [5, 5.41) is 2.52. The third-order valence-electron chi connectivity index (χ3n) is 1.76. The second kappa shape index (κ2) is 4.60. The lowest BCUT2D eigenvalue weighted by atomic mass is 10.1. The molecule has 0 spiro atoms. The van der Waals surface area contributed by atoms with E-state index in [1.54, 1.807) is 13.0 Å². The highest BCUT2D eigenvalue weighted by molar-refractivity contribution is 5.97. The topological polar surface area (TPSA) is 38.3 Å². The quantitative estimate of drug-likeness (QED) is 0.799. The number of methoxy groups -OCH3 is 1. The van der Waals surface area contributed by atoms with Crippen LogP contribution >= 0.6 is 0 Å². The molecule has 1 amide bonds. The number of carbonyl (C=O) groups is 1. The van der Waals surface area contributed by atoms with Gasteiger partial charge in [0, 0.05) is 6.54 Å². The van der Waals surface area contributed by atoms with Crippen LogP contribution in [0.2, 0.25) is 0 Å². The molecule has 4 heteroatoms. The molecule has 1 N–H and O–H groups in total. The van der Waals surface area contributed by atoms with Crippen LogP contribution in [0.1, 0.15) is 17.3 Å². The summed E-state index contributed by atoms with van der Waals surface area (Å²) in [6, 6.07) is 4.28. The van der Waals surface area contributed by atoms with Crippen molar-refractivity contribution in [3.8, 4) is 5.75 Å². The molecule has 0 aliphatic rings. The number of ether oxygens (including phenoxy) is 1. The molecule has 0 aliphatic carbocycles. The molecule has 76 valence electrons. The van der Waals surface area contributed by atoms with E-state index in [9.17, 15) is 9.18 Å². The number of nitrogens with one attached hydrogen (secondary N) is 1. The van der Waals surface area contributed by atoms with Gasteiger partial charge in [-0.05, 0) is 19.1 Å². The van der Waals surface area contributed by atoms with E-state index < -0.39 is 11.7 Å². The Morgan fingerprint density at radius 1 is 1.57 bits per heavy atom. The summed E-state index contributed by atoms with van der Waals surface area (Å²) in [5.74, 6) is -0.784. The Bertz CT molecular complexity index is 339. The van der Waals surface area contributed by atoms with Crippen molar-refractivity contribution in [3.05, 3.63) is 29.6 Å². The van der Waals surface area contributed by atoms with Crippen LogP contribution in [0.4, 0.5) is 4.39 Å². The van der Waals surface area contributed by atoms with Crippen LogP contribution in [0.15, 0.2) is 18.2 Å². The molecule has 1 aromatic carbocycles. The maximum absolute atomic E-state index is 13.3. The minimum Gasteiger partial charge on any atom is -0.496 e. The number of benzene rings is 1. The van der Waals surface area contributed by atoms with Crippen molar-refractivity contribution in [3.63, 3.8) is 0 Å². The highest BCUT2D eigenvalue weighted by atomic mass is 19.1. The monoisotopic (exact) mass is 197 g/mol. The van der Waals surface area contributed by atoms with Crippen molar-refractivity contribution in [1.29, 1.82) is 0 Å². The summed E-state index contributed by atoms with van der Waals surface area (Å²) in [7, 11) is 1.40. The minimum absolute atomic E-state index is 0.0446. The van der Waals surface area contributed by atoms with Crippen molar-refractivity contribution >= 4 is 5.91 Å². The lowest BCUT2D eigenvalue weighted by Crippen LogP contribution is -2.24. The SMILES string of the molecule is CCNC(=O)c1c(F)cccc1OC. The fraction of sp³-hybridized carbons (Fsp3) is 0.300. The molecule has 0 saturated heterocycles. The molecule has 0 fully saturated rings. The molecule has 3 nitrogen and oxygen atoms in total. The summed E-state index contributed by atoms with van der Waals surface area (Å²) in [5.41, 5.74) is -0.0446. The molecule has 0 saturated carbocycles. The average molecular weight is 197 g/mol. The predicted molar refractivity (Wildman–Crippen MR) is 51.0 cm³/mol. The van der Waals surface area contributed by atoms with Gasteiger partial charge in [-0.15, -0.1) is 0 Å². The number of halogens is 1. The Morgan fingerprint density at radius 2 is 2.29 bits per heavy atom. The normalized spacial score (nSPS) is 9.64. The van der Waals surface area contributed by atoms with Crippen molar-refractivity contribution in [2.24, 2.45) is 0 Å². The molecule has 0 radical (unpaired) electrons. The van der Waals surface area contributed by atoms with Crippen LogP contribution in [0.5, 0.6) is 5.75 Å². The van der Waals surface area contributed by atoms with Gasteiger partial charge >= 0.3 is 0 Å². The Balaban J connectivity index is 3.10. The van der Waals surface area contributed by atoms with Crippen molar-refractivity contribution in [1.82, 2.24) is 5.32 Å². The van der Waals surface area contributed by atoms with Crippen molar-refractivity contribution < 1.29 is 13.9 Å². The Kier molecular flexibility index (Phi) is 3.45. The second-order valence-electron chi connectivity index (χ2n) is 2.68. The summed E-state index contributed by atoms with van der Waals surface area (Å²) >= 11 is 0. The third kappa shape index (κ3) is 2.02. The number of rotatable bonds is 3. The van der Waals surface area contributed by atoms with Crippen molar-refractivity contribution in [2.45, 2.75) is 6.92 Å². The lowest BCUT2D eigenvalue weighted by Gasteiger charge is -2.08. The van der Waals surface area contributed by atoms with Gasteiger partial charge in [0.2, 0.25) is 0 Å². The predicted octanol–water partition coefficient (Wildman–Crippen LogP) is 1.58. The van der Waals surface area contributed by atoms with Gasteiger partial charge in [-0.3, -0.25) is 4.79 Å². The van der Waals surface area contributed by atoms with Crippen LogP contribution in [0.3, 0.4) is 0 Å². The van der Waals surface area contributed by atoms with E-state index in [-0.39, 0.29) is 11.3 Å². The van der Waals surface area contributed by atoms with Crippen molar-refractivity contribution in [2.75, 3.05) is 13.7 Å². The van der Waals surface area contributed by atoms with Gasteiger partial charge in [-0.25, -0.2) is 4.39 Å². The third-order valence-corrected chi connectivity index (χ3v) is 1.76. The first-order chi connectivity index (χ1) is 6.70. The molecule has 14 heavy (non-hydrogen) atoms. The Morgan fingerprint density at radius 3 is 2.86 bits per heavy atom. The zero-order chi connectivity index (χ0) is 10.6. The van der Waals surface area contributed by atoms with E-state index in [4.69, 9.17) is 4.74 Å². The van der Waals surface area contributed by atoms with Gasteiger partial charge in [0.05, 0.1) is 7.11 Å². The van der Waals surface area contributed by atoms with Gasteiger partial charge < -0.3 is 10.1 Å². The average Bonchev–Trinajstić information content (AvgIpc) is 2.17. The Hall–Kier alpha value is -1.58. The van der Waals surface area contributed by atoms with Crippen LogP contribution < -0.4 is 10.1 Å². The molecule has 0 aliphatic heterocycles. The summed E-state index contributed by atoms with van der Waals surface area (Å²) < 4.78 is 18.2. The van der Waals surface area contributed by atoms with E-state index in [0.717, 1.165) is 0 Å². The molecular formula is C10H12FNO2. The molecule has 0 atom stereocenters. The fourth-order valence-corrected chi connectivity index (χ4v) is 1.14. The zero-order valence-corrected chi connectivity index (χ0v) is 8.13. The molecule has 1 rings (SSSR count). The Labute approximate surface area is 81.9 Å². The van der Waals surface area contributed by atoms with Gasteiger partial charge in [0.15, 0.2) is 0 Å². The first-order valence-electron chi connectivity index (χ1n) is 4.31. The van der Waals surface area contributed by atoms with Crippen LogP contribution in [-0.4, -0.2) is 19.6 Å². The van der Waals surface area contributed by atoms with Crippen LogP contribution in [0, 0.1) is 5.82 Å². The van der Waals surface area contributed by atoms with E-state index in [1.165, 1.54) is 19.2 Å². The second-order valence-corrected chi connectivity index (χ2v) is 2.68. The smallest absolute Gasteiger partial charge is 0.258 e. The van der Waals surface area contributed by atoms with Crippen LogP contribution in [0.25, 0.3) is 0 Å². The maximum atomic E-state index is 13.3. The summed E-state index contributed by atoms with van der Waals surface area (Å²) in [6.07, 6.45) is 0. The standard InChI is InChI=1S/C10H12FNO2/c1-3-12-10(13)9-7(11)5-4-6-8(9)14-2/h4-6H,3H2,1-2H3,(H,12,13). The van der Waals surface area contributed by atoms with Gasteiger partial charge in [-0.1, -0.05) is 6.07 Å². The first kappa shape index (κ1) is 10.5. The largest absolute Gasteiger partial charge is 0.496 e. The van der Waals surface area contributed by atoms with Crippen LogP contribution in [-0.2, 0) is 0 Å². The zero-order valence-electron chi connectivity index (χ0n) is 8.13. The minimum atomic E-state index is -0.574.